The predicted octanol–water partition coefficient (Wildman–Crippen LogP) is 4.08. The van der Waals surface area contributed by atoms with E-state index >= 15 is 0 Å². The number of aryl methyl sites for hydroxylation is 1. The number of nitrogens with zero attached hydrogens (tertiary/aromatic N) is 3. The van der Waals surface area contributed by atoms with Crippen LogP contribution in [0.4, 0.5) is 0 Å². The van der Waals surface area contributed by atoms with Gasteiger partial charge in [-0.1, -0.05) is 44.2 Å². The van der Waals surface area contributed by atoms with Gasteiger partial charge in [-0.3, -0.25) is 0 Å². The zero-order chi connectivity index (χ0) is 13.7. The maximum absolute atomic E-state index is 6.10. The van der Waals surface area contributed by atoms with Crippen LogP contribution in [0.25, 0.3) is 0 Å². The van der Waals surface area contributed by atoms with E-state index < -0.39 is 0 Å². The lowest BCUT2D eigenvalue weighted by Crippen LogP contribution is -2.07. The van der Waals surface area contributed by atoms with Crippen molar-refractivity contribution in [2.24, 2.45) is 0 Å². The Morgan fingerprint density at radius 1 is 1.21 bits per heavy atom. The van der Waals surface area contributed by atoms with Gasteiger partial charge in [0.1, 0.15) is 5.82 Å². The Labute approximate surface area is 119 Å². The molecule has 0 N–H and O–H groups in total. The molecule has 2 aromatic rings. The summed E-state index contributed by atoms with van der Waals surface area (Å²) >= 11 is 6.10. The van der Waals surface area contributed by atoms with Gasteiger partial charge in [0.05, 0.1) is 0 Å². The van der Waals surface area contributed by atoms with Gasteiger partial charge in [-0.2, -0.15) is 0 Å². The highest BCUT2D eigenvalue weighted by molar-refractivity contribution is 6.28. The van der Waals surface area contributed by atoms with Gasteiger partial charge >= 0.3 is 0 Å². The van der Waals surface area contributed by atoms with Crippen LogP contribution in [-0.4, -0.2) is 14.8 Å². The summed E-state index contributed by atoms with van der Waals surface area (Å²) in [5.41, 5.74) is 1.36. The van der Waals surface area contributed by atoms with Crippen molar-refractivity contribution >= 4 is 11.6 Å². The second-order valence-electron chi connectivity index (χ2n) is 4.89. The highest BCUT2D eigenvalue weighted by Gasteiger charge is 2.11. The smallest absolute Gasteiger partial charge is 0.225 e. The number of aromatic nitrogens is 3. The van der Waals surface area contributed by atoms with Gasteiger partial charge in [-0.15, -0.1) is 10.2 Å². The van der Waals surface area contributed by atoms with E-state index in [4.69, 9.17) is 11.6 Å². The van der Waals surface area contributed by atoms with Gasteiger partial charge in [0.15, 0.2) is 0 Å². The highest BCUT2D eigenvalue weighted by atomic mass is 35.5. The zero-order valence-corrected chi connectivity index (χ0v) is 12.3. The molecule has 0 aliphatic carbocycles. The Morgan fingerprint density at radius 2 is 1.95 bits per heavy atom. The third-order valence-corrected chi connectivity index (χ3v) is 3.69. The molecule has 1 atom stereocenters. The van der Waals surface area contributed by atoms with Gasteiger partial charge in [-0.25, -0.2) is 0 Å². The molecule has 102 valence electrons. The average molecular weight is 278 g/mol. The van der Waals surface area contributed by atoms with E-state index in [1.807, 2.05) is 10.6 Å². The van der Waals surface area contributed by atoms with Gasteiger partial charge < -0.3 is 4.57 Å². The molecule has 1 aromatic heterocycles. The first kappa shape index (κ1) is 14.1. The topological polar surface area (TPSA) is 30.7 Å². The minimum Gasteiger partial charge on any atom is -0.302 e. The Hall–Kier alpha value is -1.35. The van der Waals surface area contributed by atoms with E-state index in [9.17, 15) is 0 Å². The molecule has 0 saturated carbocycles. The van der Waals surface area contributed by atoms with E-state index in [1.54, 1.807) is 0 Å². The fourth-order valence-electron chi connectivity index (χ4n) is 2.21. The molecule has 3 nitrogen and oxygen atoms in total. The second kappa shape index (κ2) is 6.71. The highest BCUT2D eigenvalue weighted by Crippen LogP contribution is 2.21. The van der Waals surface area contributed by atoms with Crippen LogP contribution in [0.5, 0.6) is 0 Å². The van der Waals surface area contributed by atoms with Crippen LogP contribution < -0.4 is 0 Å². The zero-order valence-electron chi connectivity index (χ0n) is 11.5. The van der Waals surface area contributed by atoms with Crippen LogP contribution in [0.1, 0.15) is 44.0 Å². The van der Waals surface area contributed by atoms with Crippen LogP contribution in [0.15, 0.2) is 30.3 Å². The largest absolute Gasteiger partial charge is 0.302 e. The fraction of sp³-hybridized carbons (Fsp3) is 0.467. The minimum absolute atomic E-state index is 0.503. The van der Waals surface area contributed by atoms with E-state index in [1.165, 1.54) is 5.56 Å². The molecular formula is C15H20ClN3. The summed E-state index contributed by atoms with van der Waals surface area (Å²) in [5, 5.41) is 8.60. The summed E-state index contributed by atoms with van der Waals surface area (Å²) in [4.78, 5) is 0. The lowest BCUT2D eigenvalue weighted by Gasteiger charge is -2.13. The quantitative estimate of drug-likeness (QED) is 0.797. The molecular weight excluding hydrogens is 258 g/mol. The average Bonchev–Trinajstić information content (AvgIpc) is 2.78. The first-order chi connectivity index (χ1) is 9.22. The Kier molecular flexibility index (Phi) is 4.97. The Bertz CT molecular complexity index is 507. The van der Waals surface area contributed by atoms with Crippen molar-refractivity contribution in [1.29, 1.82) is 0 Å². The van der Waals surface area contributed by atoms with E-state index in [0.29, 0.717) is 11.2 Å². The van der Waals surface area contributed by atoms with Crippen LogP contribution in [-0.2, 0) is 13.0 Å². The third kappa shape index (κ3) is 3.57. The van der Waals surface area contributed by atoms with Crippen molar-refractivity contribution in [2.75, 3.05) is 0 Å². The molecule has 19 heavy (non-hydrogen) atoms. The lowest BCUT2D eigenvalue weighted by molar-refractivity contribution is 0.555. The number of hydrogen-bond donors (Lipinski definition) is 0. The summed E-state index contributed by atoms with van der Waals surface area (Å²) in [5.74, 6) is 1.50. The SMILES string of the molecule is CCCc1nnc(Cl)n1CCC(C)c1ccccc1. The summed E-state index contributed by atoms with van der Waals surface area (Å²) in [6.45, 7) is 5.25. The molecule has 0 aliphatic heterocycles. The molecule has 0 saturated heterocycles. The number of hydrogen-bond acceptors (Lipinski definition) is 2. The number of rotatable bonds is 6. The van der Waals surface area contributed by atoms with Crippen LogP contribution >= 0.6 is 11.6 Å². The van der Waals surface area contributed by atoms with Crippen LogP contribution in [0.2, 0.25) is 5.28 Å². The van der Waals surface area contributed by atoms with Crippen molar-refractivity contribution in [1.82, 2.24) is 14.8 Å². The van der Waals surface area contributed by atoms with Gasteiger partial charge in [0.25, 0.3) is 0 Å². The van der Waals surface area contributed by atoms with Crippen LogP contribution in [0.3, 0.4) is 0 Å². The minimum atomic E-state index is 0.503. The fourth-order valence-corrected chi connectivity index (χ4v) is 2.43. The monoisotopic (exact) mass is 277 g/mol. The van der Waals surface area contributed by atoms with Crippen molar-refractivity contribution in [2.45, 2.75) is 45.6 Å². The summed E-state index contributed by atoms with van der Waals surface area (Å²) in [6, 6.07) is 10.6. The Balaban J connectivity index is 2.00. The summed E-state index contributed by atoms with van der Waals surface area (Å²) in [7, 11) is 0. The molecule has 0 spiro atoms. The molecule has 1 heterocycles. The summed E-state index contributed by atoms with van der Waals surface area (Å²) in [6.07, 6.45) is 3.03. The van der Waals surface area contributed by atoms with E-state index in [0.717, 1.165) is 31.6 Å². The molecule has 0 radical (unpaired) electrons. The standard InChI is InChI=1S/C15H20ClN3/c1-3-7-14-17-18-15(16)19(14)11-10-12(2)13-8-5-4-6-9-13/h4-6,8-9,12H,3,7,10-11H2,1-2H3. The van der Waals surface area contributed by atoms with Crippen molar-refractivity contribution < 1.29 is 0 Å². The van der Waals surface area contributed by atoms with Gasteiger partial charge in [0.2, 0.25) is 5.28 Å². The van der Waals surface area contributed by atoms with E-state index in [2.05, 4.69) is 48.3 Å². The van der Waals surface area contributed by atoms with Crippen molar-refractivity contribution in [3.8, 4) is 0 Å². The van der Waals surface area contributed by atoms with E-state index in [-0.39, 0.29) is 0 Å². The van der Waals surface area contributed by atoms with Gasteiger partial charge in [-0.05, 0) is 35.9 Å². The Morgan fingerprint density at radius 3 is 2.63 bits per heavy atom. The maximum Gasteiger partial charge on any atom is 0.225 e. The first-order valence-electron chi connectivity index (χ1n) is 6.85. The first-order valence-corrected chi connectivity index (χ1v) is 7.22. The molecule has 0 amide bonds. The van der Waals surface area contributed by atoms with Crippen LogP contribution in [0, 0.1) is 0 Å². The normalized spacial score (nSPS) is 12.6. The molecule has 0 aliphatic rings. The lowest BCUT2D eigenvalue weighted by atomic mass is 9.98. The maximum atomic E-state index is 6.10. The molecule has 0 fully saturated rings. The van der Waals surface area contributed by atoms with Gasteiger partial charge in [0, 0.05) is 13.0 Å². The molecule has 1 unspecified atom stereocenters. The second-order valence-corrected chi connectivity index (χ2v) is 5.23. The van der Waals surface area contributed by atoms with Crippen molar-refractivity contribution in [3.63, 3.8) is 0 Å². The molecule has 4 heteroatoms. The summed E-state index contributed by atoms with van der Waals surface area (Å²) < 4.78 is 2.03. The predicted molar refractivity (Wildman–Crippen MR) is 78.5 cm³/mol. The van der Waals surface area contributed by atoms with Crippen molar-refractivity contribution in [3.05, 3.63) is 47.0 Å². The molecule has 2 rings (SSSR count). The molecule has 0 bridgehead atoms. The third-order valence-electron chi connectivity index (χ3n) is 3.41. The number of benzene rings is 1. The number of halogens is 1. The molecule has 1 aromatic carbocycles.